The summed E-state index contributed by atoms with van der Waals surface area (Å²) in [5, 5.41) is 7.92. The quantitative estimate of drug-likeness (QED) is 0.705. The number of carbonyl (C=O) groups is 1. The van der Waals surface area contributed by atoms with Gasteiger partial charge in [-0.3, -0.25) is 9.48 Å². The summed E-state index contributed by atoms with van der Waals surface area (Å²) in [6, 6.07) is 20.4. The third kappa shape index (κ3) is 3.58. The Bertz CT molecular complexity index is 993. The molecule has 2 heterocycles. The molecule has 5 rings (SSSR count). The first-order chi connectivity index (χ1) is 14.2. The number of aromatic nitrogens is 2. The number of hydrogen-bond acceptors (Lipinski definition) is 3. The van der Waals surface area contributed by atoms with Gasteiger partial charge in [0.05, 0.1) is 24.3 Å². The first-order valence-electron chi connectivity index (χ1n) is 10.3. The van der Waals surface area contributed by atoms with Gasteiger partial charge in [0, 0.05) is 12.7 Å². The van der Waals surface area contributed by atoms with Crippen molar-refractivity contribution in [2.24, 2.45) is 0 Å². The van der Waals surface area contributed by atoms with E-state index in [-0.39, 0.29) is 17.4 Å². The van der Waals surface area contributed by atoms with Crippen molar-refractivity contribution in [1.29, 1.82) is 0 Å². The molecule has 5 nitrogen and oxygen atoms in total. The topological polar surface area (TPSA) is 56.1 Å². The highest BCUT2D eigenvalue weighted by Gasteiger charge is 2.51. The lowest BCUT2D eigenvalue weighted by Crippen LogP contribution is -2.38. The third-order valence-electron chi connectivity index (χ3n) is 6.01. The van der Waals surface area contributed by atoms with Crippen LogP contribution in [-0.4, -0.2) is 28.8 Å². The Balaban J connectivity index is 1.27. The Morgan fingerprint density at radius 1 is 1.10 bits per heavy atom. The van der Waals surface area contributed by atoms with Gasteiger partial charge in [-0.05, 0) is 36.0 Å². The van der Waals surface area contributed by atoms with Gasteiger partial charge in [-0.1, -0.05) is 60.7 Å². The van der Waals surface area contributed by atoms with Crippen LogP contribution < -0.4 is 5.32 Å². The molecule has 0 bridgehead atoms. The monoisotopic (exact) mass is 387 g/mol. The van der Waals surface area contributed by atoms with E-state index in [4.69, 9.17) is 9.84 Å². The minimum atomic E-state index is -0.356. The van der Waals surface area contributed by atoms with Gasteiger partial charge >= 0.3 is 0 Å². The van der Waals surface area contributed by atoms with Crippen molar-refractivity contribution >= 4 is 5.91 Å². The van der Waals surface area contributed by atoms with E-state index >= 15 is 0 Å². The van der Waals surface area contributed by atoms with E-state index in [1.165, 1.54) is 11.1 Å². The van der Waals surface area contributed by atoms with Crippen LogP contribution in [0, 0.1) is 0 Å². The molecule has 1 atom stereocenters. The molecule has 1 aliphatic heterocycles. The summed E-state index contributed by atoms with van der Waals surface area (Å²) < 4.78 is 7.95. The highest BCUT2D eigenvalue weighted by Crippen LogP contribution is 2.48. The van der Waals surface area contributed by atoms with E-state index in [0.717, 1.165) is 37.1 Å². The number of nitrogens with one attached hydrogen (secondary N) is 1. The Labute approximate surface area is 170 Å². The van der Waals surface area contributed by atoms with Crippen LogP contribution in [-0.2, 0) is 27.9 Å². The van der Waals surface area contributed by atoms with Crippen molar-refractivity contribution in [2.75, 3.05) is 13.2 Å². The number of fused-ring (bicyclic) bond motifs is 1. The normalized spacial score (nSPS) is 19.4. The van der Waals surface area contributed by atoms with Crippen LogP contribution in [0.25, 0.3) is 0 Å². The van der Waals surface area contributed by atoms with Gasteiger partial charge in [-0.2, -0.15) is 5.10 Å². The van der Waals surface area contributed by atoms with Crippen molar-refractivity contribution < 1.29 is 9.53 Å². The molecule has 1 amide bonds. The van der Waals surface area contributed by atoms with Crippen LogP contribution in [0.3, 0.4) is 0 Å². The third-order valence-corrected chi connectivity index (χ3v) is 6.01. The van der Waals surface area contributed by atoms with E-state index in [1.54, 1.807) is 0 Å². The average Bonchev–Trinajstić information content (AvgIpc) is 3.48. The van der Waals surface area contributed by atoms with Crippen molar-refractivity contribution in [2.45, 2.75) is 37.3 Å². The summed E-state index contributed by atoms with van der Waals surface area (Å²) in [5.74, 6) is 0.100. The number of nitrogens with zero attached hydrogens (tertiary/aromatic N) is 2. The van der Waals surface area contributed by atoms with Gasteiger partial charge in [0.25, 0.3) is 0 Å². The van der Waals surface area contributed by atoms with Crippen LogP contribution in [0.5, 0.6) is 0 Å². The molecule has 1 fully saturated rings. The fraction of sp³-hybridized carbons (Fsp3) is 0.333. The molecule has 1 saturated carbocycles. The predicted octanol–water partition coefficient (Wildman–Crippen LogP) is 3.39. The largest absolute Gasteiger partial charge is 0.370 e. The van der Waals surface area contributed by atoms with Crippen LogP contribution in [0.4, 0.5) is 0 Å². The highest BCUT2D eigenvalue weighted by molar-refractivity contribution is 5.91. The molecule has 29 heavy (non-hydrogen) atoms. The molecule has 3 aromatic rings. The molecule has 148 valence electrons. The zero-order valence-electron chi connectivity index (χ0n) is 16.4. The lowest BCUT2D eigenvalue weighted by molar-refractivity contribution is -0.124. The van der Waals surface area contributed by atoms with Gasteiger partial charge in [-0.15, -0.1) is 0 Å². The van der Waals surface area contributed by atoms with E-state index < -0.39 is 0 Å². The van der Waals surface area contributed by atoms with E-state index in [1.807, 2.05) is 53.2 Å². The number of benzene rings is 2. The number of ether oxygens (including phenoxy) is 1. The summed E-state index contributed by atoms with van der Waals surface area (Å²) >= 11 is 0. The van der Waals surface area contributed by atoms with Crippen LogP contribution >= 0.6 is 0 Å². The lowest BCUT2D eigenvalue weighted by Gasteiger charge is -2.23. The Morgan fingerprint density at radius 2 is 1.83 bits per heavy atom. The first kappa shape index (κ1) is 18.1. The minimum absolute atomic E-state index is 0.100. The number of amides is 1. The van der Waals surface area contributed by atoms with Crippen LogP contribution in [0.1, 0.15) is 41.3 Å². The number of rotatable bonds is 6. The first-order valence-corrected chi connectivity index (χ1v) is 10.3. The molecule has 1 N–H and O–H groups in total. The molecule has 5 heteroatoms. The molecule has 0 saturated heterocycles. The summed E-state index contributed by atoms with van der Waals surface area (Å²) in [5.41, 5.74) is 4.14. The maximum atomic E-state index is 12.9. The van der Waals surface area contributed by atoms with Gasteiger partial charge in [0.1, 0.15) is 6.10 Å². The fourth-order valence-electron chi connectivity index (χ4n) is 4.22. The molecule has 0 unspecified atom stereocenters. The smallest absolute Gasteiger partial charge is 0.230 e. The summed E-state index contributed by atoms with van der Waals surface area (Å²) in [6.07, 6.45) is 4.61. The molecule has 1 aromatic heterocycles. The second-order valence-corrected chi connectivity index (χ2v) is 7.99. The molecular weight excluding hydrogens is 362 g/mol. The number of carbonyl (C=O) groups excluding carboxylic acids is 1. The number of hydrogen-bond donors (Lipinski definition) is 1. The molecule has 1 aliphatic carbocycles. The zero-order chi connectivity index (χ0) is 19.7. The van der Waals surface area contributed by atoms with E-state index in [0.29, 0.717) is 13.2 Å². The standard InChI is InChI=1S/C24H25N3O2/c28-23(24(12-13-24)20-9-5-2-6-10-20)25-15-21-22-19(11-14-29-21)17-27(26-22)16-18-7-3-1-4-8-18/h1-10,17,21H,11-16H2,(H,25,28)/t21-/m0/s1. The minimum Gasteiger partial charge on any atom is -0.370 e. The molecule has 2 aliphatic rings. The van der Waals surface area contributed by atoms with E-state index in [9.17, 15) is 4.79 Å². The van der Waals surface area contributed by atoms with Gasteiger partial charge < -0.3 is 10.1 Å². The van der Waals surface area contributed by atoms with Crippen molar-refractivity contribution in [3.63, 3.8) is 0 Å². The van der Waals surface area contributed by atoms with Crippen LogP contribution in [0.2, 0.25) is 0 Å². The molecule has 0 radical (unpaired) electrons. The fourth-order valence-corrected chi connectivity index (χ4v) is 4.22. The average molecular weight is 387 g/mol. The maximum Gasteiger partial charge on any atom is 0.230 e. The van der Waals surface area contributed by atoms with Gasteiger partial charge in [-0.25, -0.2) is 0 Å². The summed E-state index contributed by atoms with van der Waals surface area (Å²) in [4.78, 5) is 12.9. The molecule has 2 aromatic carbocycles. The van der Waals surface area contributed by atoms with Crippen molar-refractivity contribution in [1.82, 2.24) is 15.1 Å². The Hall–Kier alpha value is -2.92. The van der Waals surface area contributed by atoms with Crippen LogP contribution in [0.15, 0.2) is 66.9 Å². The van der Waals surface area contributed by atoms with E-state index in [2.05, 4.69) is 23.6 Å². The molecule has 0 spiro atoms. The van der Waals surface area contributed by atoms with Crippen molar-refractivity contribution in [3.8, 4) is 0 Å². The molecular formula is C24H25N3O2. The SMILES string of the molecule is O=C(NC[C@@H]1OCCc2cn(Cc3ccccc3)nc21)C1(c2ccccc2)CC1. The second kappa shape index (κ2) is 7.48. The lowest BCUT2D eigenvalue weighted by atomic mass is 9.95. The summed E-state index contributed by atoms with van der Waals surface area (Å²) in [6.45, 7) is 1.86. The van der Waals surface area contributed by atoms with Crippen molar-refractivity contribution in [3.05, 3.63) is 89.2 Å². The second-order valence-electron chi connectivity index (χ2n) is 7.99. The maximum absolute atomic E-state index is 12.9. The van der Waals surface area contributed by atoms with Gasteiger partial charge in [0.15, 0.2) is 0 Å². The Kier molecular flexibility index (Phi) is 4.68. The highest BCUT2D eigenvalue weighted by atomic mass is 16.5. The van der Waals surface area contributed by atoms with Gasteiger partial charge in [0.2, 0.25) is 5.91 Å². The Morgan fingerprint density at radius 3 is 2.55 bits per heavy atom. The zero-order valence-corrected chi connectivity index (χ0v) is 16.4. The predicted molar refractivity (Wildman–Crippen MR) is 111 cm³/mol. The summed E-state index contributed by atoms with van der Waals surface area (Å²) in [7, 11) is 0.